The van der Waals surface area contributed by atoms with Crippen molar-refractivity contribution in [2.24, 2.45) is 5.92 Å². The number of phenolic OH excluding ortho intramolecular Hbond substituents is 1. The van der Waals surface area contributed by atoms with Crippen LogP contribution in [0.1, 0.15) is 94.5 Å². The van der Waals surface area contributed by atoms with E-state index in [1.165, 1.54) is 50.8 Å². The Bertz CT molecular complexity index is 3140. The number of β-amino-alcohol motifs (C(OH)–C–C–N with tert-alkyl or cyclic N) is 1. The zero-order chi connectivity index (χ0) is 65.2. The van der Waals surface area contributed by atoms with Crippen LogP contribution in [0.5, 0.6) is 17.2 Å². The molecule has 13 N–H and O–H groups in total. The van der Waals surface area contributed by atoms with Crippen molar-refractivity contribution in [1.82, 2.24) is 46.4 Å². The van der Waals surface area contributed by atoms with Crippen molar-refractivity contribution in [2.75, 3.05) is 26.2 Å². The van der Waals surface area contributed by atoms with Gasteiger partial charge in [0.05, 0.1) is 55.7 Å². The van der Waals surface area contributed by atoms with Gasteiger partial charge in [0.2, 0.25) is 35.4 Å². The third-order valence-electron chi connectivity index (χ3n) is 15.7. The Morgan fingerprint density at radius 3 is 2.10 bits per heavy atom. The Labute approximate surface area is 522 Å². The number of nitrogens with zero attached hydrogens (tertiary/aromatic N) is 5. The van der Waals surface area contributed by atoms with Crippen molar-refractivity contribution in [1.29, 1.82) is 5.26 Å². The minimum Gasteiger partial charge on any atom is -0.504 e. The molecule has 4 heterocycles. The molecule has 7 rings (SSSR count). The lowest BCUT2D eigenvalue weighted by molar-refractivity contribution is -0.433. The molecule has 90 heavy (non-hydrogen) atoms. The maximum absolute atomic E-state index is 14.6. The summed E-state index contributed by atoms with van der Waals surface area (Å²) < 4.78 is 15.2. The van der Waals surface area contributed by atoms with Gasteiger partial charge in [0.25, 0.3) is 18.2 Å². The second kappa shape index (κ2) is 33.1. The first-order valence-electron chi connectivity index (χ1n) is 29.5. The molecule has 3 fully saturated rings. The van der Waals surface area contributed by atoms with Crippen molar-refractivity contribution in [3.63, 3.8) is 0 Å². The number of amides is 7. The average Bonchev–Trinajstić information content (AvgIpc) is 1.78. The highest BCUT2D eigenvalue weighted by molar-refractivity contribution is 7.90. The topological polar surface area (TPSA) is 434 Å². The molecule has 3 aromatic carbocycles. The van der Waals surface area contributed by atoms with Crippen molar-refractivity contribution in [3.05, 3.63) is 90.3 Å². The van der Waals surface area contributed by atoms with Crippen molar-refractivity contribution in [3.8, 4) is 45.8 Å². The van der Waals surface area contributed by atoms with E-state index in [9.17, 15) is 74.6 Å². The van der Waals surface area contributed by atoms with Crippen LogP contribution in [0.2, 0.25) is 0 Å². The summed E-state index contributed by atoms with van der Waals surface area (Å²) in [6.45, 7) is 3.77. The van der Waals surface area contributed by atoms with Gasteiger partial charge in [-0.05, 0) is 73.0 Å². The fourth-order valence-corrected chi connectivity index (χ4v) is 11.0. The Balaban J connectivity index is 1.15. The number of ether oxygens (including phenoxy) is 1. The highest BCUT2D eigenvalue weighted by atomic mass is 32.2. The number of carbonyl (C=O) groups excluding carboxylic acids is 7. The quantitative estimate of drug-likeness (QED) is 0.0220. The lowest BCUT2D eigenvalue weighted by Crippen LogP contribution is -2.64. The zero-order valence-electron chi connectivity index (χ0n) is 49.6. The Hall–Kier alpha value is -8.09. The molecule has 3 saturated heterocycles. The van der Waals surface area contributed by atoms with Crippen LogP contribution in [-0.2, 0) is 44.6 Å². The van der Waals surface area contributed by atoms with E-state index in [1.54, 1.807) is 30.6 Å². The van der Waals surface area contributed by atoms with Crippen LogP contribution in [0.4, 0.5) is 0 Å². The lowest BCUT2D eigenvalue weighted by atomic mass is 9.98. The number of aliphatic hydroxyl groups is 6. The normalized spacial score (nSPS) is 24.8. The highest BCUT2D eigenvalue weighted by Crippen LogP contribution is 2.32. The summed E-state index contributed by atoms with van der Waals surface area (Å²) in [5, 5.41) is 112. The molecule has 0 bridgehead atoms. The number of nitriles is 1. The van der Waals surface area contributed by atoms with Gasteiger partial charge in [-0.25, -0.2) is 15.2 Å². The molecule has 13 atom stereocenters. The van der Waals surface area contributed by atoms with E-state index in [2.05, 4.69) is 52.8 Å². The van der Waals surface area contributed by atoms with Gasteiger partial charge in [0.1, 0.15) is 42.0 Å². The van der Waals surface area contributed by atoms with Gasteiger partial charge >= 0.3 is 0 Å². The van der Waals surface area contributed by atoms with Gasteiger partial charge in [-0.2, -0.15) is 5.26 Å². The number of fused-ring (bicyclic) bond motifs is 2. The van der Waals surface area contributed by atoms with Crippen LogP contribution in [0.3, 0.4) is 0 Å². The van der Waals surface area contributed by atoms with Crippen LogP contribution >= 0.6 is 12.3 Å². The molecule has 7 unspecified atom stereocenters. The Morgan fingerprint density at radius 1 is 0.767 bits per heavy atom. The van der Waals surface area contributed by atoms with E-state index < -0.39 is 165 Å². The first-order valence-corrected chi connectivity index (χ1v) is 30.1. The predicted octanol–water partition coefficient (Wildman–Crippen LogP) is 0.481. The third kappa shape index (κ3) is 18.3. The van der Waals surface area contributed by atoms with E-state index in [-0.39, 0.29) is 35.7 Å². The maximum Gasteiger partial charge on any atom is 0.261 e. The summed E-state index contributed by atoms with van der Waals surface area (Å²) in [5.74, 6) is -8.48. The number of hydrogen-bond acceptors (Lipinski definition) is 23. The number of hydrogen-bond donors (Lipinski definition) is 13. The third-order valence-corrected chi connectivity index (χ3v) is 16.1. The minimum atomic E-state index is -2.16. The second-order valence-electron chi connectivity index (χ2n) is 22.5. The number of aromatic nitrogens is 2. The maximum atomic E-state index is 14.6. The van der Waals surface area contributed by atoms with Gasteiger partial charge in [-0.15, -0.1) is 0 Å². The molecular formula is C60H76N10O19S. The largest absolute Gasteiger partial charge is 0.504 e. The van der Waals surface area contributed by atoms with Gasteiger partial charge in [0.15, 0.2) is 17.3 Å². The fraction of sp³-hybridized carbons (Fsp3) is 0.500. The van der Waals surface area contributed by atoms with E-state index >= 15 is 0 Å². The smallest absolute Gasteiger partial charge is 0.261 e. The number of benzene rings is 3. The number of rotatable bonds is 22. The van der Waals surface area contributed by atoms with Gasteiger partial charge < -0.3 is 81.0 Å². The average molecular weight is 1270 g/mol. The summed E-state index contributed by atoms with van der Waals surface area (Å²) in [6.07, 6.45) is -3.00. The first-order chi connectivity index (χ1) is 43.1. The number of nitrogens with one attached hydrogen (secondary N) is 5. The molecule has 30 heteroatoms. The molecule has 3 aliphatic rings. The molecule has 0 radical (unpaired) electrons. The van der Waals surface area contributed by atoms with Crippen molar-refractivity contribution in [2.45, 2.75) is 158 Å². The van der Waals surface area contributed by atoms with Crippen LogP contribution in [-0.4, -0.2) is 201 Å². The number of aromatic hydroxyl groups is 1. The van der Waals surface area contributed by atoms with E-state index in [1.807, 2.05) is 24.3 Å². The first kappa shape index (κ1) is 69.4. The molecule has 29 nitrogen and oxygen atoms in total. The lowest BCUT2D eigenvalue weighted by Gasteiger charge is -2.33. The van der Waals surface area contributed by atoms with Crippen LogP contribution in [0.25, 0.3) is 22.5 Å². The number of aliphatic hydroxyl groups excluding tert-OH is 6. The summed E-state index contributed by atoms with van der Waals surface area (Å²) >= 11 is 0.0667. The molecule has 3 aliphatic heterocycles. The molecule has 0 spiro atoms. The number of unbranched alkanes of at least 4 members (excludes halogenated alkanes) is 5. The molecule has 7 amide bonds. The van der Waals surface area contributed by atoms with Gasteiger partial charge in [0, 0.05) is 73.9 Å². The molecule has 0 aliphatic carbocycles. The van der Waals surface area contributed by atoms with E-state index in [4.69, 9.17) is 14.2 Å². The molecular weight excluding hydrogens is 1200 g/mol. The second-order valence-corrected chi connectivity index (χ2v) is 22.9. The Morgan fingerprint density at radius 2 is 1.42 bits per heavy atom. The predicted molar refractivity (Wildman–Crippen MR) is 318 cm³/mol. The summed E-state index contributed by atoms with van der Waals surface area (Å²) in [4.78, 5) is 112. The Kier molecular flexibility index (Phi) is 25.5. The van der Waals surface area contributed by atoms with Crippen LogP contribution < -0.4 is 35.5 Å². The molecule has 4 aromatic rings. The van der Waals surface area contributed by atoms with E-state index in [0.29, 0.717) is 23.6 Å². The van der Waals surface area contributed by atoms with Gasteiger partial charge in [-0.3, -0.25) is 33.6 Å². The standard InChI is InChI=1S/C60H76N10O19S/c1-4-5-6-7-8-9-22-86-41-17-15-36(16-18-41)53-62-27-38(28-63-53)35-11-13-37(14-12-35)54(78)65-42-25-39(72)29-64-58(82)51-52(77)32(2)30-70(51)60(84)50(45(75)20-21-61)68-57(81)49(46(76)23-34-10-19-44(74)47(24-34)87-90-89-88-85)67-56(80)43-26-40(73)31-69(43)59(83)48(33(3)71)66-55(42)79/h10-19,24,27-28,32-33,39-40,42-43,45-46,48-52,71-77,85H,4-9,20,22-23,25-26,29-31H2,1-3H3,(H,64,82)(H,65,78)(H,66,79)(H,67,80)(H,68,81)/t32?,33?,39-,40?,42-,43?,45+,46+,48?,49?,50-,51?,52-/m0/s1. The summed E-state index contributed by atoms with van der Waals surface area (Å²) in [7, 11) is 0. The SMILES string of the molecule is CCCCCCCCOc1ccc(-c2ncc(-c3ccc(C(=O)N[C@H]4C[C@H](O)CNC(=O)C5[C@@H](O)C(C)CN5C(=O)[C@H]([C@H](O)CC#N)NC(=O)C([C@H](O)Cc5ccc(O)c(OSOOO)c5)NC(=O)C5CC(O)CN5C(=O)C(C(C)O)NC4=O)cc3)cn2)cc1. The summed E-state index contributed by atoms with van der Waals surface area (Å²) in [6, 6.07) is 7.31. The number of phenols is 1. The molecule has 0 saturated carbocycles. The number of carbonyl (C=O) groups is 7. The summed E-state index contributed by atoms with van der Waals surface area (Å²) in [5.41, 5.74) is 2.09. The monoisotopic (exact) mass is 1270 g/mol. The molecule has 486 valence electrons. The van der Waals surface area contributed by atoms with Crippen molar-refractivity contribution >= 4 is 53.7 Å². The van der Waals surface area contributed by atoms with Gasteiger partial charge in [-0.1, -0.05) is 73.5 Å². The van der Waals surface area contributed by atoms with Crippen molar-refractivity contribution < 1.29 is 92.9 Å². The minimum absolute atomic E-state index is 0.0144. The zero-order valence-corrected chi connectivity index (χ0v) is 50.4. The highest BCUT2D eigenvalue weighted by Gasteiger charge is 2.50. The molecule has 1 aromatic heterocycles. The van der Waals surface area contributed by atoms with Crippen LogP contribution in [0, 0.1) is 17.2 Å². The fourth-order valence-electron chi connectivity index (χ4n) is 10.8. The van der Waals surface area contributed by atoms with Crippen LogP contribution in [0.15, 0.2) is 79.1 Å². The van der Waals surface area contributed by atoms with E-state index in [0.717, 1.165) is 53.0 Å².